The molecule has 1 fully saturated rings. The van der Waals surface area contributed by atoms with Gasteiger partial charge in [-0.15, -0.1) is 0 Å². The Morgan fingerprint density at radius 2 is 2.18 bits per heavy atom. The highest BCUT2D eigenvalue weighted by atomic mass is 127. The maximum Gasteiger partial charge on any atom is 0.255 e. The van der Waals surface area contributed by atoms with E-state index in [2.05, 4.69) is 22.6 Å². The maximum absolute atomic E-state index is 12.4. The molecule has 1 saturated heterocycles. The van der Waals surface area contributed by atoms with E-state index in [4.69, 9.17) is 4.74 Å². The highest BCUT2D eigenvalue weighted by molar-refractivity contribution is 14.1. The van der Waals surface area contributed by atoms with Crippen LogP contribution < -0.4 is 0 Å². The van der Waals surface area contributed by atoms with Gasteiger partial charge in [0.25, 0.3) is 5.91 Å². The first kappa shape index (κ1) is 12.8. The van der Waals surface area contributed by atoms with Gasteiger partial charge in [-0.1, -0.05) is 12.1 Å². The van der Waals surface area contributed by atoms with Crippen molar-refractivity contribution in [2.75, 3.05) is 13.7 Å². The van der Waals surface area contributed by atoms with Gasteiger partial charge in [-0.3, -0.25) is 4.79 Å². The summed E-state index contributed by atoms with van der Waals surface area (Å²) in [6.07, 6.45) is 1.05. The summed E-state index contributed by atoms with van der Waals surface area (Å²) in [5, 5.41) is 0. The van der Waals surface area contributed by atoms with Crippen LogP contribution in [0.25, 0.3) is 0 Å². The lowest BCUT2D eigenvalue weighted by Gasteiger charge is -2.27. The minimum Gasteiger partial charge on any atom is -0.376 e. The third kappa shape index (κ3) is 2.63. The lowest BCUT2D eigenvalue weighted by molar-refractivity contribution is 0.0574. The molecule has 17 heavy (non-hydrogen) atoms. The van der Waals surface area contributed by atoms with Gasteiger partial charge in [0.1, 0.15) is 0 Å². The average Bonchev–Trinajstić information content (AvgIpc) is 2.74. The lowest BCUT2D eigenvalue weighted by Crippen LogP contribution is -2.41. The first-order valence-corrected chi connectivity index (χ1v) is 6.82. The fourth-order valence-corrected chi connectivity index (χ4v) is 2.82. The van der Waals surface area contributed by atoms with Gasteiger partial charge in [-0.05, 0) is 48.1 Å². The van der Waals surface area contributed by atoms with E-state index in [9.17, 15) is 4.79 Å². The van der Waals surface area contributed by atoms with Gasteiger partial charge in [-0.25, -0.2) is 0 Å². The van der Waals surface area contributed by atoms with Crippen molar-refractivity contribution < 1.29 is 9.53 Å². The number of carbonyl (C=O) groups is 1. The Labute approximate surface area is 115 Å². The minimum atomic E-state index is 0.0809. The summed E-state index contributed by atoms with van der Waals surface area (Å²) in [7, 11) is 1.86. The van der Waals surface area contributed by atoms with Crippen molar-refractivity contribution in [3.05, 3.63) is 33.4 Å². The Morgan fingerprint density at radius 1 is 1.47 bits per heavy atom. The molecule has 0 N–H and O–H groups in total. The normalized spacial score (nSPS) is 23.7. The second kappa shape index (κ2) is 5.35. The molecule has 1 aromatic rings. The number of rotatable bonds is 2. The SMILES string of the molecule is CC1OCCC1N(C)C(=O)c1ccccc1I. The summed E-state index contributed by atoms with van der Waals surface area (Å²) < 4.78 is 6.50. The molecule has 2 atom stereocenters. The quantitative estimate of drug-likeness (QED) is 0.771. The van der Waals surface area contributed by atoms with Crippen LogP contribution in [0.5, 0.6) is 0 Å². The lowest BCUT2D eigenvalue weighted by atomic mass is 10.1. The van der Waals surface area contributed by atoms with E-state index in [0.717, 1.165) is 22.2 Å². The van der Waals surface area contributed by atoms with Crippen LogP contribution in [0.1, 0.15) is 23.7 Å². The molecule has 2 unspecified atom stereocenters. The predicted molar refractivity (Wildman–Crippen MR) is 75.1 cm³/mol. The zero-order valence-electron chi connectivity index (χ0n) is 10.0. The van der Waals surface area contributed by atoms with Gasteiger partial charge >= 0.3 is 0 Å². The number of likely N-dealkylation sites (N-methyl/N-ethyl adjacent to an activating group) is 1. The second-order valence-corrected chi connectivity index (χ2v) is 5.49. The topological polar surface area (TPSA) is 29.5 Å². The Hall–Kier alpha value is -0.620. The van der Waals surface area contributed by atoms with Gasteiger partial charge in [-0.2, -0.15) is 0 Å². The zero-order chi connectivity index (χ0) is 12.4. The smallest absolute Gasteiger partial charge is 0.255 e. The summed E-state index contributed by atoms with van der Waals surface area (Å²) in [5.41, 5.74) is 0.773. The molecule has 4 heteroatoms. The fourth-order valence-electron chi connectivity index (χ4n) is 2.20. The Kier molecular flexibility index (Phi) is 4.04. The first-order chi connectivity index (χ1) is 8.11. The van der Waals surface area contributed by atoms with Crippen LogP contribution in [0.15, 0.2) is 24.3 Å². The highest BCUT2D eigenvalue weighted by Crippen LogP contribution is 2.21. The van der Waals surface area contributed by atoms with Crippen LogP contribution in [-0.2, 0) is 4.74 Å². The molecule has 2 rings (SSSR count). The summed E-state index contributed by atoms with van der Waals surface area (Å²) in [6, 6.07) is 7.87. The van der Waals surface area contributed by atoms with Crippen molar-refractivity contribution in [3.8, 4) is 0 Å². The average molecular weight is 345 g/mol. The predicted octanol–water partition coefficient (Wildman–Crippen LogP) is 2.54. The van der Waals surface area contributed by atoms with Crippen LogP contribution in [0.4, 0.5) is 0 Å². The Morgan fingerprint density at radius 3 is 2.76 bits per heavy atom. The second-order valence-electron chi connectivity index (χ2n) is 4.33. The standard InChI is InChI=1S/C13H16INO2/c1-9-12(7-8-17-9)15(2)13(16)10-5-3-4-6-11(10)14/h3-6,9,12H,7-8H2,1-2H3. The third-order valence-electron chi connectivity index (χ3n) is 3.26. The number of carbonyl (C=O) groups excluding carboxylic acids is 1. The number of nitrogens with zero attached hydrogens (tertiary/aromatic N) is 1. The number of halogens is 1. The monoisotopic (exact) mass is 345 g/mol. The summed E-state index contributed by atoms with van der Waals surface area (Å²) in [5.74, 6) is 0.0809. The van der Waals surface area contributed by atoms with Crippen LogP contribution in [0.3, 0.4) is 0 Å². The van der Waals surface area contributed by atoms with Crippen molar-refractivity contribution in [3.63, 3.8) is 0 Å². The van der Waals surface area contributed by atoms with Crippen molar-refractivity contribution in [2.45, 2.75) is 25.5 Å². The summed E-state index contributed by atoms with van der Waals surface area (Å²) in [6.45, 7) is 2.77. The van der Waals surface area contributed by atoms with Gasteiger partial charge in [0.15, 0.2) is 0 Å². The Balaban J connectivity index is 2.17. The van der Waals surface area contributed by atoms with E-state index in [-0.39, 0.29) is 18.1 Å². The van der Waals surface area contributed by atoms with Crippen LogP contribution >= 0.6 is 22.6 Å². The molecule has 3 nitrogen and oxygen atoms in total. The highest BCUT2D eigenvalue weighted by Gasteiger charge is 2.31. The molecule has 0 saturated carbocycles. The van der Waals surface area contributed by atoms with Crippen molar-refractivity contribution in [1.82, 2.24) is 4.90 Å². The molecule has 0 aromatic heterocycles. The molecular weight excluding hydrogens is 329 g/mol. The molecule has 0 bridgehead atoms. The van der Waals surface area contributed by atoms with Crippen molar-refractivity contribution in [2.24, 2.45) is 0 Å². The number of hydrogen-bond donors (Lipinski definition) is 0. The van der Waals surface area contributed by atoms with Crippen molar-refractivity contribution >= 4 is 28.5 Å². The van der Waals surface area contributed by atoms with Crippen LogP contribution in [0, 0.1) is 3.57 Å². The molecule has 1 aliphatic heterocycles. The molecule has 1 heterocycles. The van der Waals surface area contributed by atoms with E-state index in [0.29, 0.717) is 0 Å². The summed E-state index contributed by atoms with van der Waals surface area (Å²) >= 11 is 2.20. The van der Waals surface area contributed by atoms with E-state index in [1.165, 1.54) is 0 Å². The zero-order valence-corrected chi connectivity index (χ0v) is 12.2. The summed E-state index contributed by atoms with van der Waals surface area (Å²) in [4.78, 5) is 14.2. The molecule has 1 aliphatic rings. The van der Waals surface area contributed by atoms with E-state index in [1.807, 2.05) is 43.1 Å². The van der Waals surface area contributed by atoms with Gasteiger partial charge in [0.05, 0.1) is 17.7 Å². The molecule has 0 radical (unpaired) electrons. The van der Waals surface area contributed by atoms with E-state index < -0.39 is 0 Å². The molecule has 1 amide bonds. The molecule has 92 valence electrons. The molecule has 1 aromatic carbocycles. The molecule has 0 spiro atoms. The van der Waals surface area contributed by atoms with Gasteiger partial charge in [0, 0.05) is 17.2 Å². The molecular formula is C13H16INO2. The number of ether oxygens (including phenoxy) is 1. The Bertz CT molecular complexity index is 422. The number of hydrogen-bond acceptors (Lipinski definition) is 2. The van der Waals surface area contributed by atoms with Crippen LogP contribution in [-0.4, -0.2) is 36.6 Å². The fraction of sp³-hybridized carbons (Fsp3) is 0.462. The van der Waals surface area contributed by atoms with Crippen molar-refractivity contribution in [1.29, 1.82) is 0 Å². The largest absolute Gasteiger partial charge is 0.376 e. The third-order valence-corrected chi connectivity index (χ3v) is 4.20. The number of amides is 1. The van der Waals surface area contributed by atoms with Crippen LogP contribution in [0.2, 0.25) is 0 Å². The van der Waals surface area contributed by atoms with Gasteiger partial charge < -0.3 is 9.64 Å². The van der Waals surface area contributed by atoms with E-state index >= 15 is 0 Å². The maximum atomic E-state index is 12.4. The first-order valence-electron chi connectivity index (χ1n) is 5.74. The van der Waals surface area contributed by atoms with E-state index in [1.54, 1.807) is 0 Å². The minimum absolute atomic E-state index is 0.0809. The van der Waals surface area contributed by atoms with Gasteiger partial charge in [0.2, 0.25) is 0 Å². The number of benzene rings is 1. The molecule has 0 aliphatic carbocycles.